The van der Waals surface area contributed by atoms with Crippen molar-refractivity contribution in [3.05, 3.63) is 70.6 Å². The number of imidazole rings is 1. The molecular formula is C28H36ClN3O3. The summed E-state index contributed by atoms with van der Waals surface area (Å²) < 4.78 is 7.73. The van der Waals surface area contributed by atoms with Crippen molar-refractivity contribution in [1.82, 2.24) is 14.9 Å². The summed E-state index contributed by atoms with van der Waals surface area (Å²) in [6, 6.07) is 13.0. The van der Waals surface area contributed by atoms with Crippen LogP contribution in [0.2, 0.25) is 5.02 Å². The van der Waals surface area contributed by atoms with Crippen molar-refractivity contribution < 1.29 is 14.6 Å². The van der Waals surface area contributed by atoms with Crippen LogP contribution in [-0.2, 0) is 19.9 Å². The first-order valence-electron chi connectivity index (χ1n) is 12.2. The zero-order valence-corrected chi connectivity index (χ0v) is 22.0. The minimum atomic E-state index is -0.232. The molecule has 1 unspecified atom stereocenters. The number of nitrogens with zero attached hydrogens (tertiary/aromatic N) is 2. The van der Waals surface area contributed by atoms with E-state index in [4.69, 9.17) is 21.3 Å². The van der Waals surface area contributed by atoms with Crippen molar-refractivity contribution in [2.45, 2.75) is 59.1 Å². The topological polar surface area (TPSA) is 76.4 Å². The lowest BCUT2D eigenvalue weighted by molar-refractivity contribution is 0.0930. The summed E-state index contributed by atoms with van der Waals surface area (Å²) in [5, 5.41) is 13.0. The fourth-order valence-electron chi connectivity index (χ4n) is 3.94. The van der Waals surface area contributed by atoms with Crippen LogP contribution < -0.4 is 10.1 Å². The highest BCUT2D eigenvalue weighted by Crippen LogP contribution is 2.27. The maximum absolute atomic E-state index is 12.9. The van der Waals surface area contributed by atoms with Crippen molar-refractivity contribution in [3.8, 4) is 17.0 Å². The predicted octanol–water partition coefficient (Wildman–Crippen LogP) is 5.45. The van der Waals surface area contributed by atoms with E-state index in [1.54, 1.807) is 18.2 Å². The quantitative estimate of drug-likeness (QED) is 0.369. The Morgan fingerprint density at radius 3 is 2.43 bits per heavy atom. The molecule has 3 rings (SSSR count). The Morgan fingerprint density at radius 1 is 1.11 bits per heavy atom. The van der Waals surface area contributed by atoms with Crippen LogP contribution in [0.5, 0.6) is 5.75 Å². The highest BCUT2D eigenvalue weighted by atomic mass is 35.5. The van der Waals surface area contributed by atoms with Crippen LogP contribution in [0.3, 0.4) is 0 Å². The number of halogens is 1. The third-order valence-corrected chi connectivity index (χ3v) is 5.96. The lowest BCUT2D eigenvalue weighted by Gasteiger charge is -2.19. The van der Waals surface area contributed by atoms with Crippen LogP contribution in [0.4, 0.5) is 0 Å². The number of hydrogen-bond donors (Lipinski definition) is 2. The van der Waals surface area contributed by atoms with Gasteiger partial charge < -0.3 is 19.7 Å². The van der Waals surface area contributed by atoms with Gasteiger partial charge in [-0.25, -0.2) is 4.98 Å². The monoisotopic (exact) mass is 497 g/mol. The molecular weight excluding hydrogens is 462 g/mol. The minimum absolute atomic E-state index is 0.00717. The lowest BCUT2D eigenvalue weighted by Crippen LogP contribution is -2.37. The summed E-state index contributed by atoms with van der Waals surface area (Å²) in [5.74, 6) is 1.94. The van der Waals surface area contributed by atoms with E-state index in [1.807, 2.05) is 20.9 Å². The Morgan fingerprint density at radius 2 is 1.83 bits per heavy atom. The fraction of sp³-hybridized carbons (Fsp3) is 0.429. The number of benzene rings is 2. The molecule has 6 nitrogen and oxygen atoms in total. The van der Waals surface area contributed by atoms with E-state index < -0.39 is 0 Å². The minimum Gasteiger partial charge on any atom is -0.489 e. The molecule has 0 aliphatic rings. The third kappa shape index (κ3) is 7.58. The number of amides is 1. The molecule has 0 fully saturated rings. The number of nitrogens with one attached hydrogen (secondary N) is 1. The van der Waals surface area contributed by atoms with Crippen LogP contribution >= 0.6 is 11.6 Å². The van der Waals surface area contributed by atoms with Gasteiger partial charge in [0, 0.05) is 43.4 Å². The number of hydrogen-bond acceptors (Lipinski definition) is 4. The van der Waals surface area contributed by atoms with Gasteiger partial charge in [0.15, 0.2) is 0 Å². The molecule has 7 heteroatoms. The second-order valence-electron chi connectivity index (χ2n) is 9.65. The number of carbonyl (C=O) groups is 1. The first-order chi connectivity index (χ1) is 16.7. The van der Waals surface area contributed by atoms with Gasteiger partial charge in [0.05, 0.1) is 16.8 Å². The van der Waals surface area contributed by atoms with Crippen molar-refractivity contribution >= 4 is 17.5 Å². The second-order valence-corrected chi connectivity index (χ2v) is 10.1. The number of carbonyl (C=O) groups excluding carboxylic acids is 1. The Labute approximate surface area is 213 Å². The van der Waals surface area contributed by atoms with Gasteiger partial charge in [-0.3, -0.25) is 4.79 Å². The zero-order chi connectivity index (χ0) is 25.5. The van der Waals surface area contributed by atoms with E-state index in [0.717, 1.165) is 29.1 Å². The first kappa shape index (κ1) is 26.8. The molecule has 2 aromatic carbocycles. The largest absolute Gasteiger partial charge is 0.489 e. The molecule has 3 aromatic rings. The highest BCUT2D eigenvalue weighted by Gasteiger charge is 2.17. The fourth-order valence-corrected chi connectivity index (χ4v) is 4.16. The lowest BCUT2D eigenvalue weighted by atomic mass is 10.0. The van der Waals surface area contributed by atoms with Crippen LogP contribution in [0.1, 0.15) is 55.9 Å². The van der Waals surface area contributed by atoms with E-state index in [1.165, 1.54) is 0 Å². The second kappa shape index (κ2) is 12.2. The van der Waals surface area contributed by atoms with Gasteiger partial charge in [-0.05, 0) is 56.4 Å². The molecule has 2 N–H and O–H groups in total. The number of aliphatic hydroxyl groups is 1. The summed E-state index contributed by atoms with van der Waals surface area (Å²) in [6.45, 7) is 8.20. The Hall–Kier alpha value is -2.83. The molecule has 1 amide bonds. The molecule has 1 atom stereocenters. The van der Waals surface area contributed by atoms with E-state index in [9.17, 15) is 9.90 Å². The summed E-state index contributed by atoms with van der Waals surface area (Å²) in [4.78, 5) is 17.6. The zero-order valence-electron chi connectivity index (χ0n) is 21.2. The normalized spacial score (nSPS) is 12.3. The SMILES string of the molecule is CC(C)Cc1nc(-c2ccc(CC(CCO)NC(=O)c3ccc(OC(C)C)c(Cl)c3)cc2)cn1C. The van der Waals surface area contributed by atoms with Crippen LogP contribution in [-0.4, -0.2) is 39.3 Å². The number of rotatable bonds is 11. The average Bonchev–Trinajstić information content (AvgIpc) is 3.15. The van der Waals surface area contributed by atoms with E-state index in [-0.39, 0.29) is 24.7 Å². The van der Waals surface area contributed by atoms with E-state index >= 15 is 0 Å². The van der Waals surface area contributed by atoms with Gasteiger partial charge >= 0.3 is 0 Å². The average molecular weight is 498 g/mol. The van der Waals surface area contributed by atoms with E-state index in [2.05, 4.69) is 54.2 Å². The smallest absolute Gasteiger partial charge is 0.251 e. The molecule has 1 heterocycles. The Bertz CT molecular complexity index is 1120. The molecule has 35 heavy (non-hydrogen) atoms. The standard InChI is InChI=1S/C28H36ClN3O3/c1-18(2)14-27-31-25(17-32(27)5)21-8-6-20(7-9-21)15-23(12-13-33)30-28(34)22-10-11-26(24(29)16-22)35-19(3)4/h6-11,16-19,23,33H,12-15H2,1-5H3,(H,30,34). The van der Waals surface area contributed by atoms with Crippen molar-refractivity contribution in [3.63, 3.8) is 0 Å². The van der Waals surface area contributed by atoms with Gasteiger partial charge in [0.2, 0.25) is 0 Å². The van der Waals surface area contributed by atoms with Crippen molar-refractivity contribution in [1.29, 1.82) is 0 Å². The van der Waals surface area contributed by atoms with Gasteiger partial charge in [-0.1, -0.05) is 49.7 Å². The highest BCUT2D eigenvalue weighted by molar-refractivity contribution is 6.32. The molecule has 0 radical (unpaired) electrons. The van der Waals surface area contributed by atoms with Crippen LogP contribution in [0, 0.1) is 5.92 Å². The van der Waals surface area contributed by atoms with Crippen molar-refractivity contribution in [2.75, 3.05) is 6.61 Å². The molecule has 0 aliphatic heterocycles. The van der Waals surface area contributed by atoms with Crippen molar-refractivity contribution in [2.24, 2.45) is 13.0 Å². The van der Waals surface area contributed by atoms with Gasteiger partial charge in [-0.15, -0.1) is 0 Å². The summed E-state index contributed by atoms with van der Waals surface area (Å²) in [7, 11) is 2.03. The summed E-state index contributed by atoms with van der Waals surface area (Å²) >= 11 is 6.29. The molecule has 0 saturated heterocycles. The number of ether oxygens (including phenoxy) is 1. The van der Waals surface area contributed by atoms with Gasteiger partial charge in [-0.2, -0.15) is 0 Å². The molecule has 188 valence electrons. The number of aryl methyl sites for hydroxylation is 1. The number of aromatic nitrogens is 2. The van der Waals surface area contributed by atoms with E-state index in [0.29, 0.717) is 35.1 Å². The van der Waals surface area contributed by atoms with Crippen LogP contribution in [0.25, 0.3) is 11.3 Å². The maximum atomic E-state index is 12.9. The molecule has 1 aromatic heterocycles. The Kier molecular flexibility index (Phi) is 9.35. The predicted molar refractivity (Wildman–Crippen MR) is 141 cm³/mol. The van der Waals surface area contributed by atoms with Gasteiger partial charge in [0.25, 0.3) is 5.91 Å². The molecule has 0 aliphatic carbocycles. The first-order valence-corrected chi connectivity index (χ1v) is 12.5. The van der Waals surface area contributed by atoms with Crippen LogP contribution in [0.15, 0.2) is 48.7 Å². The Balaban J connectivity index is 1.67. The summed E-state index contributed by atoms with van der Waals surface area (Å²) in [5.41, 5.74) is 3.54. The molecule has 0 spiro atoms. The number of aliphatic hydroxyl groups excluding tert-OH is 1. The van der Waals surface area contributed by atoms with Gasteiger partial charge in [0.1, 0.15) is 11.6 Å². The summed E-state index contributed by atoms with van der Waals surface area (Å²) in [6.07, 6.45) is 4.05. The third-order valence-electron chi connectivity index (χ3n) is 5.66. The molecule has 0 bridgehead atoms. The molecule has 0 saturated carbocycles. The maximum Gasteiger partial charge on any atom is 0.251 e.